The Kier molecular flexibility index (Phi) is 4.23. The van der Waals surface area contributed by atoms with Crippen LogP contribution < -0.4 is 0 Å². The van der Waals surface area contributed by atoms with Crippen LogP contribution in [0.25, 0.3) is 0 Å². The zero-order chi connectivity index (χ0) is 11.4. The van der Waals surface area contributed by atoms with Crippen molar-refractivity contribution < 1.29 is 0 Å². The predicted molar refractivity (Wildman–Crippen MR) is 67.9 cm³/mol. The van der Waals surface area contributed by atoms with E-state index in [0.717, 1.165) is 18.2 Å². The highest BCUT2D eigenvalue weighted by Crippen LogP contribution is 2.24. The molecule has 0 amide bonds. The van der Waals surface area contributed by atoms with Crippen LogP contribution in [-0.2, 0) is 0 Å². The zero-order valence-electron chi connectivity index (χ0n) is 10.1. The van der Waals surface area contributed by atoms with Crippen molar-refractivity contribution >= 4 is 11.8 Å². The highest BCUT2D eigenvalue weighted by molar-refractivity contribution is 7.99. The van der Waals surface area contributed by atoms with Crippen molar-refractivity contribution in [2.75, 3.05) is 31.1 Å². The van der Waals surface area contributed by atoms with E-state index in [2.05, 4.69) is 27.0 Å². The predicted octanol–water partition coefficient (Wildman–Crippen LogP) is 1.66. The van der Waals surface area contributed by atoms with Crippen molar-refractivity contribution in [3.63, 3.8) is 0 Å². The van der Waals surface area contributed by atoms with Crippen LogP contribution in [0.1, 0.15) is 30.9 Å². The number of hydrogen-bond donors (Lipinski definition) is 1. The Labute approximate surface area is 101 Å². The van der Waals surface area contributed by atoms with Gasteiger partial charge in [0.25, 0.3) is 0 Å². The van der Waals surface area contributed by atoms with Gasteiger partial charge in [-0.1, -0.05) is 6.92 Å². The number of likely N-dealkylation sites (tertiary alicyclic amines) is 1. The molecule has 16 heavy (non-hydrogen) atoms. The van der Waals surface area contributed by atoms with E-state index >= 15 is 0 Å². The van der Waals surface area contributed by atoms with Gasteiger partial charge in [-0.2, -0.15) is 16.9 Å². The fourth-order valence-corrected chi connectivity index (χ4v) is 2.80. The number of nitrogens with one attached hydrogen (secondary N) is 1. The highest BCUT2D eigenvalue weighted by atomic mass is 32.2. The molecule has 2 heterocycles. The van der Waals surface area contributed by atoms with Gasteiger partial charge in [-0.05, 0) is 25.6 Å². The lowest BCUT2D eigenvalue weighted by Gasteiger charge is -2.14. The third-order valence-corrected chi connectivity index (χ3v) is 3.89. The third kappa shape index (κ3) is 2.98. The molecule has 0 radical (unpaired) electrons. The first-order valence-corrected chi connectivity index (χ1v) is 7.14. The Balaban J connectivity index is 1.79. The Morgan fingerprint density at radius 1 is 1.56 bits per heavy atom. The van der Waals surface area contributed by atoms with Gasteiger partial charge in [0.2, 0.25) is 0 Å². The van der Waals surface area contributed by atoms with Crippen molar-refractivity contribution in [2.45, 2.75) is 26.2 Å². The summed E-state index contributed by atoms with van der Waals surface area (Å²) in [6.07, 6.45) is 1.20. The number of aryl methyl sites for hydroxylation is 1. The summed E-state index contributed by atoms with van der Waals surface area (Å²) < 4.78 is 0. The Bertz CT molecular complexity index is 326. The number of nitrogens with zero attached hydrogens (tertiary/aromatic N) is 3. The smallest absolute Gasteiger partial charge is 0.155 e. The molecule has 0 saturated carbocycles. The van der Waals surface area contributed by atoms with Crippen molar-refractivity contribution in [1.29, 1.82) is 0 Å². The molecule has 1 unspecified atom stereocenters. The molecule has 0 bridgehead atoms. The average molecular weight is 240 g/mol. The fraction of sp³-hybridized carbons (Fsp3) is 0.818. The molecule has 5 heteroatoms. The van der Waals surface area contributed by atoms with E-state index in [1.807, 2.05) is 18.7 Å². The molecule has 1 N–H and O–H groups in total. The van der Waals surface area contributed by atoms with Gasteiger partial charge in [-0.15, -0.1) is 0 Å². The molecule has 2 rings (SSSR count). The Morgan fingerprint density at radius 2 is 2.44 bits per heavy atom. The summed E-state index contributed by atoms with van der Waals surface area (Å²) in [5.41, 5.74) is 0. The molecule has 1 aromatic rings. The molecule has 4 nitrogen and oxygen atoms in total. The van der Waals surface area contributed by atoms with Crippen LogP contribution in [0.2, 0.25) is 0 Å². The van der Waals surface area contributed by atoms with Gasteiger partial charge >= 0.3 is 0 Å². The second kappa shape index (κ2) is 5.68. The Hall–Kier alpha value is -0.550. The molecule has 1 fully saturated rings. The maximum atomic E-state index is 4.43. The SMILES string of the molecule is CCSCCN1CCC(c2n[nH]c(C)n2)C1. The first-order chi connectivity index (χ1) is 7.79. The largest absolute Gasteiger partial charge is 0.302 e. The van der Waals surface area contributed by atoms with Gasteiger partial charge in [-0.25, -0.2) is 4.98 Å². The van der Waals surface area contributed by atoms with Crippen LogP contribution in [0.4, 0.5) is 0 Å². The molecule has 1 atom stereocenters. The number of rotatable bonds is 5. The third-order valence-electron chi connectivity index (χ3n) is 3.01. The maximum absolute atomic E-state index is 4.43. The van der Waals surface area contributed by atoms with Crippen LogP contribution in [0, 0.1) is 6.92 Å². The molecule has 0 aliphatic carbocycles. The fourth-order valence-electron chi connectivity index (χ4n) is 2.13. The summed E-state index contributed by atoms with van der Waals surface area (Å²) in [6, 6.07) is 0. The van der Waals surface area contributed by atoms with Crippen molar-refractivity contribution in [1.82, 2.24) is 20.1 Å². The topological polar surface area (TPSA) is 44.8 Å². The van der Waals surface area contributed by atoms with Crippen LogP contribution in [0.3, 0.4) is 0 Å². The second-order valence-electron chi connectivity index (χ2n) is 4.26. The van der Waals surface area contributed by atoms with E-state index in [9.17, 15) is 0 Å². The van der Waals surface area contributed by atoms with Gasteiger partial charge in [0.05, 0.1) is 0 Å². The lowest BCUT2D eigenvalue weighted by Crippen LogP contribution is -2.23. The maximum Gasteiger partial charge on any atom is 0.155 e. The van der Waals surface area contributed by atoms with Gasteiger partial charge in [0.1, 0.15) is 5.82 Å². The van der Waals surface area contributed by atoms with Crippen molar-refractivity contribution in [3.05, 3.63) is 11.6 Å². The van der Waals surface area contributed by atoms with Crippen molar-refractivity contribution in [2.24, 2.45) is 0 Å². The number of thioether (sulfide) groups is 1. The lowest BCUT2D eigenvalue weighted by atomic mass is 10.1. The van der Waals surface area contributed by atoms with E-state index in [-0.39, 0.29) is 0 Å². The van der Waals surface area contributed by atoms with E-state index in [0.29, 0.717) is 5.92 Å². The van der Waals surface area contributed by atoms with Crippen molar-refractivity contribution in [3.8, 4) is 0 Å². The number of aromatic nitrogens is 3. The molecule has 1 saturated heterocycles. The van der Waals surface area contributed by atoms with E-state index in [4.69, 9.17) is 0 Å². The van der Waals surface area contributed by atoms with E-state index < -0.39 is 0 Å². The normalized spacial score (nSPS) is 21.8. The minimum absolute atomic E-state index is 0.538. The molecule has 0 aromatic carbocycles. The van der Waals surface area contributed by atoms with Crippen LogP contribution in [0.5, 0.6) is 0 Å². The molecule has 1 aliphatic heterocycles. The summed E-state index contributed by atoms with van der Waals surface area (Å²) in [6.45, 7) is 7.71. The standard InChI is InChI=1S/C11H20N4S/c1-3-16-7-6-15-5-4-10(8-15)11-12-9(2)13-14-11/h10H,3-8H2,1-2H3,(H,12,13,14). The van der Waals surface area contributed by atoms with Gasteiger partial charge in [0.15, 0.2) is 5.82 Å². The first kappa shape index (κ1) is 11.9. The van der Waals surface area contributed by atoms with Crippen LogP contribution in [-0.4, -0.2) is 51.2 Å². The average Bonchev–Trinajstić information content (AvgIpc) is 2.87. The van der Waals surface area contributed by atoms with E-state index in [1.54, 1.807) is 0 Å². The molecule has 1 aliphatic rings. The summed E-state index contributed by atoms with van der Waals surface area (Å²) in [4.78, 5) is 6.95. The molecular formula is C11H20N4S. The van der Waals surface area contributed by atoms with Gasteiger partial charge < -0.3 is 4.90 Å². The lowest BCUT2D eigenvalue weighted by molar-refractivity contribution is 0.355. The number of aromatic amines is 1. The minimum Gasteiger partial charge on any atom is -0.302 e. The minimum atomic E-state index is 0.538. The van der Waals surface area contributed by atoms with Gasteiger partial charge in [-0.3, -0.25) is 5.10 Å². The molecular weight excluding hydrogens is 220 g/mol. The molecule has 0 spiro atoms. The molecule has 90 valence electrons. The summed E-state index contributed by atoms with van der Waals surface area (Å²) in [5.74, 6) is 4.93. The number of H-pyrrole nitrogens is 1. The number of hydrogen-bond acceptors (Lipinski definition) is 4. The summed E-state index contributed by atoms with van der Waals surface area (Å²) >= 11 is 2.02. The summed E-state index contributed by atoms with van der Waals surface area (Å²) in [7, 11) is 0. The van der Waals surface area contributed by atoms with Crippen LogP contribution in [0.15, 0.2) is 0 Å². The van der Waals surface area contributed by atoms with Gasteiger partial charge in [0, 0.05) is 24.8 Å². The quantitative estimate of drug-likeness (QED) is 0.795. The first-order valence-electron chi connectivity index (χ1n) is 5.98. The zero-order valence-corrected chi connectivity index (χ0v) is 10.9. The van der Waals surface area contributed by atoms with Crippen LogP contribution >= 0.6 is 11.8 Å². The Morgan fingerprint density at radius 3 is 3.12 bits per heavy atom. The monoisotopic (exact) mass is 240 g/mol. The van der Waals surface area contributed by atoms with E-state index in [1.165, 1.54) is 31.0 Å². The summed E-state index contributed by atoms with van der Waals surface area (Å²) in [5, 5.41) is 7.19. The highest BCUT2D eigenvalue weighted by Gasteiger charge is 2.26. The second-order valence-corrected chi connectivity index (χ2v) is 5.66. The molecule has 1 aromatic heterocycles.